The highest BCUT2D eigenvalue weighted by molar-refractivity contribution is 6.30. The quantitative estimate of drug-likeness (QED) is 0.564. The van der Waals surface area contributed by atoms with Crippen molar-refractivity contribution in [3.63, 3.8) is 0 Å². The summed E-state index contributed by atoms with van der Waals surface area (Å²) in [6, 6.07) is 6.69. The predicted molar refractivity (Wildman–Crippen MR) is 88.4 cm³/mol. The van der Waals surface area contributed by atoms with Crippen LogP contribution >= 0.6 is 11.6 Å². The maximum Gasteiger partial charge on any atom is 0.330 e. The summed E-state index contributed by atoms with van der Waals surface area (Å²) in [7, 11) is 0. The second-order valence-corrected chi connectivity index (χ2v) is 6.45. The van der Waals surface area contributed by atoms with E-state index in [9.17, 15) is 29.3 Å². The van der Waals surface area contributed by atoms with Crippen molar-refractivity contribution in [2.45, 2.75) is 37.1 Å². The molecule has 3 rings (SSSR count). The second kappa shape index (κ2) is 7.29. The zero-order valence-corrected chi connectivity index (χ0v) is 14.0. The van der Waals surface area contributed by atoms with Crippen molar-refractivity contribution in [2.24, 2.45) is 0 Å². The molecule has 0 amide bonds. The van der Waals surface area contributed by atoms with Crippen molar-refractivity contribution >= 4 is 11.6 Å². The molecule has 140 valence electrons. The Morgan fingerprint density at radius 1 is 1.31 bits per heavy atom. The molecule has 8 nitrogen and oxygen atoms in total. The molecule has 0 bridgehead atoms. The minimum absolute atomic E-state index is 0.0661. The number of hydrogen-bond acceptors (Lipinski definition) is 6. The van der Waals surface area contributed by atoms with Crippen molar-refractivity contribution in [1.29, 1.82) is 0 Å². The summed E-state index contributed by atoms with van der Waals surface area (Å²) in [4.78, 5) is 24.7. The zero-order valence-electron chi connectivity index (χ0n) is 13.3. The normalized spacial score (nSPS) is 26.8. The standard InChI is InChI=1S/C16H16ClFN2O6/c17-8-3-1-2-7(4-8)5-10(21)13-11(22)12(23)15(26-13)20-6-9(18)14(24)19-16(20)25/h1-4,6,10-13,15,21-23H,5H2,(H,19,24,25)/t10?,11-,12+,13+,15+/m0/s1. The number of halogens is 2. The van der Waals surface area contributed by atoms with Gasteiger partial charge in [0.1, 0.15) is 18.3 Å². The van der Waals surface area contributed by atoms with E-state index in [1.165, 1.54) is 0 Å². The summed E-state index contributed by atoms with van der Waals surface area (Å²) in [6.07, 6.45) is -6.44. The van der Waals surface area contributed by atoms with Crippen LogP contribution in [0.1, 0.15) is 11.8 Å². The Morgan fingerprint density at radius 3 is 2.73 bits per heavy atom. The first kappa shape index (κ1) is 18.7. The van der Waals surface area contributed by atoms with Gasteiger partial charge in [0.25, 0.3) is 5.56 Å². The van der Waals surface area contributed by atoms with E-state index in [1.54, 1.807) is 29.2 Å². The van der Waals surface area contributed by atoms with Gasteiger partial charge in [-0.3, -0.25) is 14.3 Å². The third-order valence-corrected chi connectivity index (χ3v) is 4.42. The minimum atomic E-state index is -1.61. The molecule has 0 saturated carbocycles. The lowest BCUT2D eigenvalue weighted by atomic mass is 9.99. The molecule has 0 aliphatic carbocycles. The van der Waals surface area contributed by atoms with Gasteiger partial charge in [-0.2, -0.15) is 4.39 Å². The first-order valence-electron chi connectivity index (χ1n) is 7.73. The summed E-state index contributed by atoms with van der Waals surface area (Å²) in [5, 5.41) is 31.1. The van der Waals surface area contributed by atoms with Crippen molar-refractivity contribution in [3.8, 4) is 0 Å². The Labute approximate surface area is 151 Å². The third-order valence-electron chi connectivity index (χ3n) is 4.19. The van der Waals surface area contributed by atoms with Gasteiger partial charge in [0.2, 0.25) is 5.82 Å². The Hall–Kier alpha value is -2.04. The molecule has 10 heteroatoms. The lowest BCUT2D eigenvalue weighted by molar-refractivity contribution is -0.0856. The highest BCUT2D eigenvalue weighted by atomic mass is 35.5. The van der Waals surface area contributed by atoms with Crippen LogP contribution in [0.2, 0.25) is 5.02 Å². The number of nitrogens with zero attached hydrogens (tertiary/aromatic N) is 1. The van der Waals surface area contributed by atoms with Crippen LogP contribution in [0.3, 0.4) is 0 Å². The minimum Gasteiger partial charge on any atom is -0.390 e. The fraction of sp³-hybridized carbons (Fsp3) is 0.375. The van der Waals surface area contributed by atoms with Crippen LogP contribution < -0.4 is 11.2 Å². The van der Waals surface area contributed by atoms with Crippen LogP contribution in [0, 0.1) is 5.82 Å². The SMILES string of the molecule is O=c1[nH]c(=O)n([C@@H]2O[C@H](C(O)Cc3cccc(Cl)c3)[C@@H](O)[C@H]2O)cc1F. The topological polar surface area (TPSA) is 125 Å². The molecule has 1 aliphatic heterocycles. The molecule has 1 aliphatic rings. The fourth-order valence-corrected chi connectivity index (χ4v) is 3.12. The molecule has 26 heavy (non-hydrogen) atoms. The van der Waals surface area contributed by atoms with Gasteiger partial charge in [0.05, 0.1) is 12.3 Å². The van der Waals surface area contributed by atoms with Crippen molar-refractivity contribution < 1.29 is 24.4 Å². The molecule has 5 atom stereocenters. The molecule has 2 heterocycles. The van der Waals surface area contributed by atoms with Crippen molar-refractivity contribution in [1.82, 2.24) is 9.55 Å². The van der Waals surface area contributed by atoms with Crippen LogP contribution in [0.4, 0.5) is 4.39 Å². The Morgan fingerprint density at radius 2 is 2.04 bits per heavy atom. The Bertz CT molecular complexity index is 916. The number of H-pyrrole nitrogens is 1. The molecular weight excluding hydrogens is 371 g/mol. The maximum atomic E-state index is 13.5. The number of benzene rings is 1. The van der Waals surface area contributed by atoms with Crippen LogP contribution in [-0.2, 0) is 11.2 Å². The number of aliphatic hydroxyl groups is 3. The molecule has 1 fully saturated rings. The first-order chi connectivity index (χ1) is 12.3. The van der Waals surface area contributed by atoms with Gasteiger partial charge in [-0.1, -0.05) is 23.7 Å². The predicted octanol–water partition coefficient (Wildman–Crippen LogP) is -0.448. The largest absolute Gasteiger partial charge is 0.390 e. The van der Waals surface area contributed by atoms with E-state index in [-0.39, 0.29) is 6.42 Å². The molecule has 1 unspecified atom stereocenters. The van der Waals surface area contributed by atoms with Crippen molar-refractivity contribution in [3.05, 3.63) is 67.7 Å². The molecule has 2 aromatic rings. The average Bonchev–Trinajstić information content (AvgIpc) is 2.87. The van der Waals surface area contributed by atoms with E-state index in [0.717, 1.165) is 0 Å². The number of rotatable bonds is 4. The maximum absolute atomic E-state index is 13.5. The summed E-state index contributed by atoms with van der Waals surface area (Å²) >= 11 is 5.88. The molecule has 0 radical (unpaired) electrons. The van der Waals surface area contributed by atoms with Gasteiger partial charge in [0.15, 0.2) is 6.23 Å². The van der Waals surface area contributed by atoms with Crippen LogP contribution in [-0.4, -0.2) is 49.3 Å². The van der Waals surface area contributed by atoms with Crippen LogP contribution in [0.25, 0.3) is 0 Å². The summed E-state index contributed by atoms with van der Waals surface area (Å²) in [5.74, 6) is -1.25. The number of ether oxygens (including phenoxy) is 1. The molecule has 4 N–H and O–H groups in total. The van der Waals surface area contributed by atoms with Gasteiger partial charge in [0, 0.05) is 11.4 Å². The summed E-state index contributed by atoms with van der Waals surface area (Å²) in [5.41, 5.74) is -1.56. The van der Waals surface area contributed by atoms with E-state index < -0.39 is 47.7 Å². The fourth-order valence-electron chi connectivity index (χ4n) is 2.90. The number of aliphatic hydroxyl groups excluding tert-OH is 3. The van der Waals surface area contributed by atoms with Gasteiger partial charge >= 0.3 is 5.69 Å². The van der Waals surface area contributed by atoms with E-state index >= 15 is 0 Å². The van der Waals surface area contributed by atoms with Crippen LogP contribution in [0.5, 0.6) is 0 Å². The summed E-state index contributed by atoms with van der Waals surface area (Å²) in [6.45, 7) is 0. The Kier molecular flexibility index (Phi) is 5.26. The van der Waals surface area contributed by atoms with Gasteiger partial charge < -0.3 is 20.1 Å². The highest BCUT2D eigenvalue weighted by Crippen LogP contribution is 2.31. The molecule has 1 saturated heterocycles. The van der Waals surface area contributed by atoms with Crippen molar-refractivity contribution in [2.75, 3.05) is 0 Å². The zero-order chi connectivity index (χ0) is 19.0. The lowest BCUT2D eigenvalue weighted by Gasteiger charge is -2.21. The Balaban J connectivity index is 1.82. The van der Waals surface area contributed by atoms with Crippen LogP contribution in [0.15, 0.2) is 40.1 Å². The number of aromatic nitrogens is 2. The molecular formula is C16H16ClFN2O6. The second-order valence-electron chi connectivity index (χ2n) is 6.02. The average molecular weight is 387 g/mol. The molecule has 1 aromatic heterocycles. The van der Waals surface area contributed by atoms with E-state index in [1.807, 2.05) is 0 Å². The highest BCUT2D eigenvalue weighted by Gasteiger charge is 2.47. The van der Waals surface area contributed by atoms with Gasteiger partial charge in [-0.05, 0) is 17.7 Å². The number of hydrogen-bond donors (Lipinski definition) is 4. The molecule has 1 aromatic carbocycles. The number of aromatic amines is 1. The van der Waals surface area contributed by atoms with Gasteiger partial charge in [-0.15, -0.1) is 0 Å². The van der Waals surface area contributed by atoms with Gasteiger partial charge in [-0.25, -0.2) is 4.79 Å². The smallest absolute Gasteiger partial charge is 0.330 e. The third kappa shape index (κ3) is 3.57. The van der Waals surface area contributed by atoms with E-state index in [4.69, 9.17) is 16.3 Å². The van der Waals surface area contributed by atoms with E-state index in [2.05, 4.69) is 0 Å². The molecule has 0 spiro atoms. The van der Waals surface area contributed by atoms with E-state index in [0.29, 0.717) is 21.4 Å². The lowest BCUT2D eigenvalue weighted by Crippen LogP contribution is -2.40. The first-order valence-corrected chi connectivity index (χ1v) is 8.11. The number of nitrogens with one attached hydrogen (secondary N) is 1. The summed E-state index contributed by atoms with van der Waals surface area (Å²) < 4.78 is 19.5. The monoisotopic (exact) mass is 386 g/mol.